The number of anilines is 1. The Balaban J connectivity index is 2.10. The lowest BCUT2D eigenvalue weighted by molar-refractivity contribution is -0.116. The van der Waals surface area contributed by atoms with Crippen molar-refractivity contribution < 1.29 is 18.4 Å². The van der Waals surface area contributed by atoms with Crippen molar-refractivity contribution in [3.05, 3.63) is 40.4 Å². The number of nitrogens with zero attached hydrogens (tertiary/aromatic N) is 3. The summed E-state index contributed by atoms with van der Waals surface area (Å²) in [7, 11) is 0. The normalized spacial score (nSPS) is 10.5. The highest BCUT2D eigenvalue weighted by molar-refractivity contribution is 7.08. The third kappa shape index (κ3) is 3.91. The third-order valence-electron chi connectivity index (χ3n) is 3.32. The number of rotatable bonds is 6. The van der Waals surface area contributed by atoms with Gasteiger partial charge >= 0.3 is 0 Å². The van der Waals surface area contributed by atoms with E-state index < -0.39 is 23.2 Å². The van der Waals surface area contributed by atoms with Gasteiger partial charge in [0.05, 0.1) is 5.69 Å². The predicted octanol–water partition coefficient (Wildman–Crippen LogP) is 2.48. The van der Waals surface area contributed by atoms with Crippen molar-refractivity contribution in [1.29, 1.82) is 0 Å². The second-order valence-corrected chi connectivity index (χ2v) is 5.62. The number of carbonyl (C=O) groups is 2. The molecule has 24 heavy (non-hydrogen) atoms. The van der Waals surface area contributed by atoms with Crippen molar-refractivity contribution in [3.63, 3.8) is 0 Å². The van der Waals surface area contributed by atoms with Gasteiger partial charge in [-0.15, -0.1) is 5.10 Å². The SMILES string of the molecule is CCc1nnsc1C(=O)N(CC)CC(=O)Nc1c(F)cccc1F. The van der Waals surface area contributed by atoms with Crippen LogP contribution in [0.1, 0.15) is 29.2 Å². The lowest BCUT2D eigenvalue weighted by Gasteiger charge is -2.20. The Morgan fingerprint density at radius 1 is 1.25 bits per heavy atom. The molecule has 0 atom stereocenters. The Kier molecular flexibility index (Phi) is 5.91. The van der Waals surface area contributed by atoms with E-state index in [0.717, 1.165) is 23.7 Å². The number of hydrogen-bond donors (Lipinski definition) is 1. The minimum atomic E-state index is -0.877. The summed E-state index contributed by atoms with van der Waals surface area (Å²) in [5, 5.41) is 6.03. The van der Waals surface area contributed by atoms with E-state index in [1.54, 1.807) is 6.92 Å². The zero-order valence-corrected chi connectivity index (χ0v) is 14.0. The molecule has 1 N–H and O–H groups in total. The molecule has 0 spiro atoms. The number of aryl methyl sites for hydroxylation is 1. The summed E-state index contributed by atoms with van der Waals surface area (Å²) in [6.45, 7) is 3.48. The number of para-hydroxylation sites is 1. The van der Waals surface area contributed by atoms with Gasteiger partial charge in [0.2, 0.25) is 5.91 Å². The Hall–Kier alpha value is -2.42. The maximum absolute atomic E-state index is 13.6. The highest BCUT2D eigenvalue weighted by Gasteiger charge is 2.23. The van der Waals surface area contributed by atoms with Crippen LogP contribution in [-0.2, 0) is 11.2 Å². The molecular formula is C15H16F2N4O2S. The topological polar surface area (TPSA) is 75.2 Å². The Labute approximate surface area is 141 Å². The van der Waals surface area contributed by atoms with Crippen LogP contribution in [0.3, 0.4) is 0 Å². The molecule has 0 saturated heterocycles. The summed E-state index contributed by atoms with van der Waals surface area (Å²) in [5.74, 6) is -2.83. The fourth-order valence-corrected chi connectivity index (χ4v) is 2.76. The molecule has 0 aliphatic heterocycles. The number of nitrogens with one attached hydrogen (secondary N) is 1. The molecule has 0 fully saturated rings. The van der Waals surface area contributed by atoms with Gasteiger partial charge in [-0.25, -0.2) is 8.78 Å². The lowest BCUT2D eigenvalue weighted by atomic mass is 10.2. The molecule has 1 aromatic carbocycles. The maximum Gasteiger partial charge on any atom is 0.267 e. The fourth-order valence-electron chi connectivity index (χ4n) is 2.04. The monoisotopic (exact) mass is 354 g/mol. The molecule has 2 aromatic rings. The summed E-state index contributed by atoms with van der Waals surface area (Å²) in [6.07, 6.45) is 0.543. The molecule has 6 nitrogen and oxygen atoms in total. The Morgan fingerprint density at radius 2 is 1.92 bits per heavy atom. The number of halogens is 2. The first-order valence-electron chi connectivity index (χ1n) is 7.32. The summed E-state index contributed by atoms with van der Waals surface area (Å²) in [4.78, 5) is 26.1. The highest BCUT2D eigenvalue weighted by Crippen LogP contribution is 2.18. The zero-order valence-electron chi connectivity index (χ0n) is 13.2. The van der Waals surface area contributed by atoms with E-state index in [-0.39, 0.29) is 19.0 Å². The number of carbonyl (C=O) groups excluding carboxylic acids is 2. The molecule has 128 valence electrons. The lowest BCUT2D eigenvalue weighted by Crippen LogP contribution is -2.38. The zero-order chi connectivity index (χ0) is 17.7. The van der Waals surface area contributed by atoms with Crippen LogP contribution in [-0.4, -0.2) is 39.4 Å². The number of likely N-dealkylation sites (N-methyl/N-ethyl adjacent to an activating group) is 1. The van der Waals surface area contributed by atoms with Crippen LogP contribution in [0, 0.1) is 11.6 Å². The average Bonchev–Trinajstić information content (AvgIpc) is 3.04. The van der Waals surface area contributed by atoms with Gasteiger partial charge in [0.15, 0.2) is 0 Å². The summed E-state index contributed by atoms with van der Waals surface area (Å²) in [6, 6.07) is 3.28. The van der Waals surface area contributed by atoms with Gasteiger partial charge in [0, 0.05) is 6.54 Å². The van der Waals surface area contributed by atoms with Crippen molar-refractivity contribution in [2.24, 2.45) is 0 Å². The van der Waals surface area contributed by atoms with E-state index in [2.05, 4.69) is 14.9 Å². The van der Waals surface area contributed by atoms with E-state index in [1.165, 1.54) is 11.0 Å². The molecule has 9 heteroatoms. The number of benzene rings is 1. The van der Waals surface area contributed by atoms with E-state index in [4.69, 9.17) is 0 Å². The van der Waals surface area contributed by atoms with Gasteiger partial charge in [-0.1, -0.05) is 17.5 Å². The smallest absolute Gasteiger partial charge is 0.267 e. The average molecular weight is 354 g/mol. The van der Waals surface area contributed by atoms with Gasteiger partial charge in [0.25, 0.3) is 5.91 Å². The van der Waals surface area contributed by atoms with E-state index >= 15 is 0 Å². The molecule has 1 heterocycles. The maximum atomic E-state index is 13.6. The van der Waals surface area contributed by atoms with Gasteiger partial charge in [-0.05, 0) is 37.0 Å². The molecule has 1 aromatic heterocycles. The summed E-state index contributed by atoms with van der Waals surface area (Å²) < 4.78 is 30.9. The van der Waals surface area contributed by atoms with Gasteiger partial charge < -0.3 is 10.2 Å². The van der Waals surface area contributed by atoms with Gasteiger partial charge in [-0.2, -0.15) is 0 Å². The van der Waals surface area contributed by atoms with E-state index in [0.29, 0.717) is 17.0 Å². The van der Waals surface area contributed by atoms with E-state index in [1.807, 2.05) is 6.92 Å². The minimum Gasteiger partial charge on any atom is -0.329 e. The van der Waals surface area contributed by atoms with Gasteiger partial charge in [-0.3, -0.25) is 9.59 Å². The Bertz CT molecular complexity index is 731. The second kappa shape index (κ2) is 7.91. The van der Waals surface area contributed by atoms with Crippen molar-refractivity contribution in [2.45, 2.75) is 20.3 Å². The molecule has 0 radical (unpaired) electrons. The van der Waals surface area contributed by atoms with Crippen molar-refractivity contribution in [2.75, 3.05) is 18.4 Å². The minimum absolute atomic E-state index is 0.257. The third-order valence-corrected chi connectivity index (χ3v) is 4.07. The summed E-state index contributed by atoms with van der Waals surface area (Å²) >= 11 is 0.958. The first-order chi connectivity index (χ1) is 11.5. The standard InChI is InChI=1S/C15H16F2N4O2S/c1-3-11-14(24-20-19-11)15(23)21(4-2)8-12(22)18-13-9(16)6-5-7-10(13)17/h5-7H,3-4,8H2,1-2H3,(H,18,22). The fraction of sp³-hybridized carbons (Fsp3) is 0.333. The van der Waals surface area contributed by atoms with Crippen LogP contribution in [0.5, 0.6) is 0 Å². The molecule has 0 aliphatic rings. The van der Waals surface area contributed by atoms with Crippen LogP contribution in [0.15, 0.2) is 18.2 Å². The van der Waals surface area contributed by atoms with Crippen molar-refractivity contribution in [3.8, 4) is 0 Å². The van der Waals surface area contributed by atoms with Crippen molar-refractivity contribution >= 4 is 29.0 Å². The van der Waals surface area contributed by atoms with Gasteiger partial charge in [0.1, 0.15) is 28.7 Å². The molecule has 0 aliphatic carbocycles. The van der Waals surface area contributed by atoms with Crippen molar-refractivity contribution in [1.82, 2.24) is 14.5 Å². The molecule has 2 rings (SSSR count). The first kappa shape index (κ1) is 17.9. The molecule has 0 unspecified atom stereocenters. The predicted molar refractivity (Wildman–Crippen MR) is 85.9 cm³/mol. The number of aromatic nitrogens is 2. The highest BCUT2D eigenvalue weighted by atomic mass is 32.1. The Morgan fingerprint density at radius 3 is 2.50 bits per heavy atom. The van der Waals surface area contributed by atoms with Crippen LogP contribution in [0.4, 0.5) is 14.5 Å². The molecule has 0 bridgehead atoms. The molecule has 2 amide bonds. The number of hydrogen-bond acceptors (Lipinski definition) is 5. The van der Waals surface area contributed by atoms with Crippen LogP contribution >= 0.6 is 11.5 Å². The van der Waals surface area contributed by atoms with Crippen LogP contribution in [0.25, 0.3) is 0 Å². The number of amides is 2. The molecular weight excluding hydrogens is 338 g/mol. The van der Waals surface area contributed by atoms with E-state index in [9.17, 15) is 18.4 Å². The van der Waals surface area contributed by atoms with Crippen LogP contribution in [0.2, 0.25) is 0 Å². The first-order valence-corrected chi connectivity index (χ1v) is 8.09. The van der Waals surface area contributed by atoms with Crippen LogP contribution < -0.4 is 5.32 Å². The second-order valence-electron chi connectivity index (χ2n) is 4.87. The molecule has 0 saturated carbocycles. The summed E-state index contributed by atoms with van der Waals surface area (Å²) in [5.41, 5.74) is 0.0312. The largest absolute Gasteiger partial charge is 0.329 e. The quantitative estimate of drug-likeness (QED) is 0.865.